The van der Waals surface area contributed by atoms with E-state index in [-0.39, 0.29) is 11.6 Å². The predicted molar refractivity (Wildman–Crippen MR) is 119 cm³/mol. The number of anilines is 1. The second kappa shape index (κ2) is 8.52. The van der Waals surface area contributed by atoms with Gasteiger partial charge in [0.05, 0.1) is 24.9 Å². The molecule has 0 atom stereocenters. The van der Waals surface area contributed by atoms with Crippen LogP contribution in [0.5, 0.6) is 0 Å². The highest BCUT2D eigenvalue weighted by atomic mass is 19.1. The molecule has 1 saturated heterocycles. The van der Waals surface area contributed by atoms with Gasteiger partial charge in [-0.3, -0.25) is 19.5 Å². The summed E-state index contributed by atoms with van der Waals surface area (Å²) in [7, 11) is 1.77. The number of carbonyl (C=O) groups is 1. The summed E-state index contributed by atoms with van der Waals surface area (Å²) < 4.78 is 21.6. The Hall–Kier alpha value is -3.56. The van der Waals surface area contributed by atoms with E-state index in [4.69, 9.17) is 4.74 Å². The average molecular weight is 434 g/mol. The summed E-state index contributed by atoms with van der Waals surface area (Å²) in [4.78, 5) is 15.2. The number of rotatable bonds is 5. The molecule has 164 valence electrons. The maximum Gasteiger partial charge on any atom is 0.276 e. The molecule has 0 spiro atoms. The molecule has 0 aliphatic carbocycles. The number of carbonyl (C=O) groups excluding carboxylic acids is 1. The van der Waals surface area contributed by atoms with Crippen molar-refractivity contribution in [2.45, 2.75) is 6.54 Å². The second-order valence-electron chi connectivity index (χ2n) is 7.89. The first-order valence-electron chi connectivity index (χ1n) is 10.4. The molecular formula is C23H23FN6O2. The third kappa shape index (κ3) is 4.12. The highest BCUT2D eigenvalue weighted by Gasteiger charge is 2.18. The SMILES string of the molecule is Cn1cc(-c2cc3c(C(=O)Nc4ccc(CN5CCOCC5)cc4)n[nH]c3cc2F)cn1. The molecule has 9 heteroatoms. The van der Waals surface area contributed by atoms with Crippen LogP contribution in [0.2, 0.25) is 0 Å². The Morgan fingerprint density at radius 3 is 2.72 bits per heavy atom. The van der Waals surface area contributed by atoms with Crippen molar-refractivity contribution >= 4 is 22.5 Å². The van der Waals surface area contributed by atoms with E-state index in [1.807, 2.05) is 24.3 Å². The minimum atomic E-state index is -0.406. The minimum absolute atomic E-state index is 0.211. The van der Waals surface area contributed by atoms with Crippen molar-refractivity contribution < 1.29 is 13.9 Å². The van der Waals surface area contributed by atoms with Crippen LogP contribution in [0.25, 0.3) is 22.0 Å². The number of nitrogens with zero attached hydrogens (tertiary/aromatic N) is 4. The molecule has 4 aromatic rings. The van der Waals surface area contributed by atoms with Crippen molar-refractivity contribution in [3.63, 3.8) is 0 Å². The van der Waals surface area contributed by atoms with Crippen LogP contribution >= 0.6 is 0 Å². The van der Waals surface area contributed by atoms with E-state index < -0.39 is 5.82 Å². The van der Waals surface area contributed by atoms with Gasteiger partial charge in [0.25, 0.3) is 5.91 Å². The number of amides is 1. The van der Waals surface area contributed by atoms with Crippen LogP contribution in [0.15, 0.2) is 48.8 Å². The Morgan fingerprint density at radius 1 is 1.22 bits per heavy atom. The summed E-state index contributed by atoms with van der Waals surface area (Å²) in [5, 5.41) is 14.4. The van der Waals surface area contributed by atoms with Crippen LogP contribution in [0.3, 0.4) is 0 Å². The van der Waals surface area contributed by atoms with Crippen molar-refractivity contribution in [1.82, 2.24) is 24.9 Å². The molecule has 1 aliphatic rings. The fourth-order valence-corrected chi connectivity index (χ4v) is 3.89. The maximum atomic E-state index is 14.6. The fourth-order valence-electron chi connectivity index (χ4n) is 3.89. The molecule has 2 aromatic heterocycles. The van der Waals surface area contributed by atoms with Gasteiger partial charge < -0.3 is 10.1 Å². The van der Waals surface area contributed by atoms with E-state index in [2.05, 4.69) is 25.5 Å². The zero-order chi connectivity index (χ0) is 22.1. The number of aryl methyl sites for hydroxylation is 1. The highest BCUT2D eigenvalue weighted by molar-refractivity contribution is 6.11. The highest BCUT2D eigenvalue weighted by Crippen LogP contribution is 2.28. The van der Waals surface area contributed by atoms with Crippen molar-refractivity contribution in [3.05, 3.63) is 65.9 Å². The number of ether oxygens (including phenoxy) is 1. The molecule has 0 radical (unpaired) electrons. The zero-order valence-electron chi connectivity index (χ0n) is 17.6. The smallest absolute Gasteiger partial charge is 0.276 e. The van der Waals surface area contributed by atoms with Gasteiger partial charge in [0.2, 0.25) is 0 Å². The van der Waals surface area contributed by atoms with Crippen LogP contribution in [-0.2, 0) is 18.3 Å². The molecule has 1 fully saturated rings. The number of benzene rings is 2. The van der Waals surface area contributed by atoms with Gasteiger partial charge in [0, 0.05) is 61.1 Å². The summed E-state index contributed by atoms with van der Waals surface area (Å²) in [5.74, 6) is -0.766. The topological polar surface area (TPSA) is 88.1 Å². The summed E-state index contributed by atoms with van der Waals surface area (Å²) in [6.45, 7) is 4.22. The summed E-state index contributed by atoms with van der Waals surface area (Å²) in [6.07, 6.45) is 3.31. The Bertz CT molecular complexity index is 1260. The number of aromatic nitrogens is 4. The van der Waals surface area contributed by atoms with Crippen molar-refractivity contribution in [2.24, 2.45) is 7.05 Å². The third-order valence-corrected chi connectivity index (χ3v) is 5.60. The molecule has 2 N–H and O–H groups in total. The molecule has 1 aliphatic heterocycles. The van der Waals surface area contributed by atoms with Gasteiger partial charge in [-0.25, -0.2) is 4.39 Å². The lowest BCUT2D eigenvalue weighted by Gasteiger charge is -2.26. The minimum Gasteiger partial charge on any atom is -0.379 e. The Labute approximate surface area is 184 Å². The van der Waals surface area contributed by atoms with E-state index in [0.717, 1.165) is 32.8 Å². The van der Waals surface area contributed by atoms with Gasteiger partial charge in [0.1, 0.15) is 5.82 Å². The predicted octanol–water partition coefficient (Wildman–Crippen LogP) is 3.19. The van der Waals surface area contributed by atoms with Crippen LogP contribution in [-0.4, -0.2) is 57.1 Å². The lowest BCUT2D eigenvalue weighted by molar-refractivity contribution is 0.0342. The van der Waals surface area contributed by atoms with Gasteiger partial charge >= 0.3 is 0 Å². The van der Waals surface area contributed by atoms with Gasteiger partial charge in [0.15, 0.2) is 5.69 Å². The Kier molecular flexibility index (Phi) is 5.42. The van der Waals surface area contributed by atoms with Crippen molar-refractivity contribution in [1.29, 1.82) is 0 Å². The number of H-pyrrole nitrogens is 1. The summed E-state index contributed by atoms with van der Waals surface area (Å²) in [5.41, 5.74) is 3.52. The van der Waals surface area contributed by atoms with Gasteiger partial charge in [-0.05, 0) is 23.8 Å². The zero-order valence-corrected chi connectivity index (χ0v) is 17.6. The first-order valence-corrected chi connectivity index (χ1v) is 10.4. The molecule has 0 unspecified atom stereocenters. The van der Waals surface area contributed by atoms with Crippen LogP contribution in [0.1, 0.15) is 16.1 Å². The number of aromatic amines is 1. The molecule has 0 saturated carbocycles. The van der Waals surface area contributed by atoms with Crippen LogP contribution in [0, 0.1) is 5.82 Å². The van der Waals surface area contributed by atoms with E-state index in [9.17, 15) is 9.18 Å². The third-order valence-electron chi connectivity index (χ3n) is 5.60. The Balaban J connectivity index is 1.34. The Morgan fingerprint density at radius 2 is 2.00 bits per heavy atom. The maximum absolute atomic E-state index is 14.6. The second-order valence-corrected chi connectivity index (χ2v) is 7.89. The number of nitrogens with one attached hydrogen (secondary N) is 2. The van der Waals surface area contributed by atoms with Crippen molar-refractivity contribution in [2.75, 3.05) is 31.6 Å². The molecule has 5 rings (SSSR count). The summed E-state index contributed by atoms with van der Waals surface area (Å²) >= 11 is 0. The number of halogens is 1. The van der Waals surface area contributed by atoms with Gasteiger partial charge in [-0.2, -0.15) is 10.2 Å². The molecule has 32 heavy (non-hydrogen) atoms. The normalized spacial score (nSPS) is 14.7. The van der Waals surface area contributed by atoms with Crippen molar-refractivity contribution in [3.8, 4) is 11.1 Å². The average Bonchev–Trinajstić information content (AvgIpc) is 3.41. The summed E-state index contributed by atoms with van der Waals surface area (Å²) in [6, 6.07) is 10.7. The van der Waals surface area contributed by atoms with E-state index in [0.29, 0.717) is 27.7 Å². The van der Waals surface area contributed by atoms with Gasteiger partial charge in [-0.15, -0.1) is 0 Å². The van der Waals surface area contributed by atoms with Crippen LogP contribution < -0.4 is 5.32 Å². The van der Waals surface area contributed by atoms with Crippen LogP contribution in [0.4, 0.5) is 10.1 Å². The monoisotopic (exact) mass is 434 g/mol. The molecule has 1 amide bonds. The van der Waals surface area contributed by atoms with E-state index in [1.54, 1.807) is 30.2 Å². The lowest BCUT2D eigenvalue weighted by atomic mass is 10.0. The molecular weight excluding hydrogens is 411 g/mol. The number of fused-ring (bicyclic) bond motifs is 1. The molecule has 0 bridgehead atoms. The fraction of sp³-hybridized carbons (Fsp3) is 0.261. The van der Waals surface area contributed by atoms with Gasteiger partial charge in [-0.1, -0.05) is 12.1 Å². The van der Waals surface area contributed by atoms with E-state index >= 15 is 0 Å². The van der Waals surface area contributed by atoms with E-state index in [1.165, 1.54) is 11.6 Å². The first-order chi connectivity index (χ1) is 15.6. The molecule has 2 aromatic carbocycles. The molecule has 3 heterocycles. The standard InChI is InChI=1S/C23H23FN6O2/c1-29-14-16(12-25-29)18-10-19-21(11-20(18)24)27-28-22(19)23(31)26-17-4-2-15(3-5-17)13-30-6-8-32-9-7-30/h2-5,10-12,14H,6-9,13H2,1H3,(H,26,31)(H,27,28). The first kappa shape index (κ1) is 20.3. The lowest BCUT2D eigenvalue weighted by Crippen LogP contribution is -2.35. The quantitative estimate of drug-likeness (QED) is 0.504. The number of hydrogen-bond donors (Lipinski definition) is 2. The number of morpholine rings is 1. The largest absolute Gasteiger partial charge is 0.379 e. The molecule has 8 nitrogen and oxygen atoms in total. The number of hydrogen-bond acceptors (Lipinski definition) is 5.